The fourth-order valence-electron chi connectivity index (χ4n) is 1.44. The molecule has 8 nitrogen and oxygen atoms in total. The van der Waals surface area contributed by atoms with Crippen LogP contribution in [0, 0.1) is 0 Å². The minimum Gasteiger partial charge on any atom is -0.476 e. The first-order valence-corrected chi connectivity index (χ1v) is 5.09. The normalized spacial score (nSPS) is 11.0. The predicted molar refractivity (Wildman–Crippen MR) is 56.5 cm³/mol. The van der Waals surface area contributed by atoms with Crippen molar-refractivity contribution in [3.8, 4) is 0 Å². The van der Waals surface area contributed by atoms with Gasteiger partial charge in [-0.1, -0.05) is 5.21 Å². The number of carboxylic acids is 1. The lowest BCUT2D eigenvalue weighted by atomic mass is 10.4. The molecule has 17 heavy (non-hydrogen) atoms. The quantitative estimate of drug-likeness (QED) is 0.813. The zero-order valence-electron chi connectivity index (χ0n) is 9.48. The van der Waals surface area contributed by atoms with E-state index in [0.717, 1.165) is 0 Å². The number of hydrogen-bond acceptors (Lipinski definition) is 5. The van der Waals surface area contributed by atoms with Gasteiger partial charge in [-0.05, 0) is 13.8 Å². The molecule has 2 heterocycles. The minimum atomic E-state index is -1.10. The standard InChI is InChI=1S/C9H12N6O2/c1-6(2)15-8(10-5-11-15)4-14-3-7(9(16)17)12-13-14/h3,5-6H,4H2,1-2H3,(H,16,17). The molecule has 2 rings (SSSR count). The highest BCUT2D eigenvalue weighted by atomic mass is 16.4. The smallest absolute Gasteiger partial charge is 0.358 e. The summed E-state index contributed by atoms with van der Waals surface area (Å²) in [6.45, 7) is 4.32. The highest BCUT2D eigenvalue weighted by Gasteiger charge is 2.12. The van der Waals surface area contributed by atoms with E-state index in [9.17, 15) is 4.79 Å². The second kappa shape index (κ2) is 4.32. The fourth-order valence-corrected chi connectivity index (χ4v) is 1.44. The maximum absolute atomic E-state index is 10.6. The van der Waals surface area contributed by atoms with Crippen LogP contribution in [0.15, 0.2) is 12.5 Å². The molecule has 0 saturated carbocycles. The molecule has 0 aromatic carbocycles. The van der Waals surface area contributed by atoms with E-state index in [1.807, 2.05) is 13.8 Å². The van der Waals surface area contributed by atoms with Crippen molar-refractivity contribution >= 4 is 5.97 Å². The highest BCUT2D eigenvalue weighted by Crippen LogP contribution is 2.06. The largest absolute Gasteiger partial charge is 0.476 e. The summed E-state index contributed by atoms with van der Waals surface area (Å²) in [5.41, 5.74) is -0.0828. The van der Waals surface area contributed by atoms with Crippen LogP contribution < -0.4 is 0 Å². The molecule has 1 N–H and O–H groups in total. The molecule has 0 fully saturated rings. The van der Waals surface area contributed by atoms with Crippen molar-refractivity contribution < 1.29 is 9.90 Å². The molecule has 0 amide bonds. The number of aromatic nitrogens is 6. The van der Waals surface area contributed by atoms with Crippen molar-refractivity contribution in [2.45, 2.75) is 26.4 Å². The van der Waals surface area contributed by atoms with E-state index >= 15 is 0 Å². The summed E-state index contributed by atoms with van der Waals surface area (Å²) < 4.78 is 3.18. The fraction of sp³-hybridized carbons (Fsp3) is 0.444. The molecular formula is C9H12N6O2. The number of nitrogens with zero attached hydrogens (tertiary/aromatic N) is 6. The lowest BCUT2D eigenvalue weighted by Crippen LogP contribution is -2.12. The number of hydrogen-bond donors (Lipinski definition) is 1. The lowest BCUT2D eigenvalue weighted by Gasteiger charge is -2.08. The maximum Gasteiger partial charge on any atom is 0.358 e. The number of aromatic carboxylic acids is 1. The second-order valence-corrected chi connectivity index (χ2v) is 3.82. The summed E-state index contributed by atoms with van der Waals surface area (Å²) in [6, 6.07) is 0.190. The minimum absolute atomic E-state index is 0.0828. The van der Waals surface area contributed by atoms with E-state index in [0.29, 0.717) is 12.4 Å². The van der Waals surface area contributed by atoms with Crippen molar-refractivity contribution in [3.63, 3.8) is 0 Å². The first-order valence-electron chi connectivity index (χ1n) is 5.09. The van der Waals surface area contributed by atoms with E-state index in [1.54, 1.807) is 4.68 Å². The zero-order valence-corrected chi connectivity index (χ0v) is 9.48. The third-order valence-corrected chi connectivity index (χ3v) is 2.20. The van der Waals surface area contributed by atoms with Gasteiger partial charge in [0.05, 0.1) is 6.20 Å². The van der Waals surface area contributed by atoms with Crippen LogP contribution in [-0.4, -0.2) is 40.8 Å². The molecule has 0 unspecified atom stereocenters. The lowest BCUT2D eigenvalue weighted by molar-refractivity contribution is 0.0690. The summed E-state index contributed by atoms with van der Waals surface area (Å²) in [5.74, 6) is -0.386. The van der Waals surface area contributed by atoms with Gasteiger partial charge in [-0.15, -0.1) is 5.10 Å². The van der Waals surface area contributed by atoms with E-state index in [-0.39, 0.29) is 11.7 Å². The summed E-state index contributed by atoms with van der Waals surface area (Å²) in [5, 5.41) is 20.0. The van der Waals surface area contributed by atoms with Crippen LogP contribution in [-0.2, 0) is 6.54 Å². The molecule has 0 aliphatic carbocycles. The van der Waals surface area contributed by atoms with Crippen molar-refractivity contribution in [2.24, 2.45) is 0 Å². The molecular weight excluding hydrogens is 224 g/mol. The Bertz CT molecular complexity index is 529. The van der Waals surface area contributed by atoms with Gasteiger partial charge in [-0.2, -0.15) is 5.10 Å². The molecule has 0 spiro atoms. The first kappa shape index (κ1) is 11.2. The molecule has 90 valence electrons. The van der Waals surface area contributed by atoms with Gasteiger partial charge in [-0.25, -0.2) is 19.1 Å². The molecule has 0 saturated heterocycles. The van der Waals surface area contributed by atoms with Gasteiger partial charge in [-0.3, -0.25) is 0 Å². The predicted octanol–water partition coefficient (Wildman–Crippen LogP) is 0.197. The second-order valence-electron chi connectivity index (χ2n) is 3.82. The van der Waals surface area contributed by atoms with Crippen LogP contribution in [0.2, 0.25) is 0 Å². The number of rotatable bonds is 4. The number of carboxylic acid groups (broad SMARTS) is 1. The average Bonchev–Trinajstić information content (AvgIpc) is 2.86. The van der Waals surface area contributed by atoms with Crippen LogP contribution in [0.5, 0.6) is 0 Å². The summed E-state index contributed by atoms with van der Waals surface area (Å²) in [7, 11) is 0. The van der Waals surface area contributed by atoms with Crippen molar-refractivity contribution in [1.29, 1.82) is 0 Å². The van der Waals surface area contributed by atoms with Crippen molar-refractivity contribution in [2.75, 3.05) is 0 Å². The Hall–Kier alpha value is -2.25. The molecule has 2 aromatic heterocycles. The van der Waals surface area contributed by atoms with Crippen molar-refractivity contribution in [3.05, 3.63) is 24.0 Å². The van der Waals surface area contributed by atoms with Crippen molar-refractivity contribution in [1.82, 2.24) is 29.8 Å². The molecule has 8 heteroatoms. The van der Waals surface area contributed by atoms with Crippen LogP contribution >= 0.6 is 0 Å². The third kappa shape index (κ3) is 2.30. The Balaban J connectivity index is 2.19. The maximum atomic E-state index is 10.6. The summed E-state index contributed by atoms with van der Waals surface area (Å²) >= 11 is 0. The topological polar surface area (TPSA) is 98.7 Å². The van der Waals surface area contributed by atoms with E-state index < -0.39 is 5.97 Å². The molecule has 0 bridgehead atoms. The Morgan fingerprint density at radius 1 is 1.53 bits per heavy atom. The SMILES string of the molecule is CC(C)n1ncnc1Cn1cc(C(=O)O)nn1. The van der Waals surface area contributed by atoms with E-state index in [1.165, 1.54) is 17.2 Å². The van der Waals surface area contributed by atoms with Gasteiger partial charge in [0.2, 0.25) is 0 Å². The van der Waals surface area contributed by atoms with Gasteiger partial charge in [0.15, 0.2) is 5.69 Å². The monoisotopic (exact) mass is 236 g/mol. The first-order chi connectivity index (χ1) is 8.08. The molecule has 2 aromatic rings. The summed E-state index contributed by atoms with van der Waals surface area (Å²) in [6.07, 6.45) is 2.83. The van der Waals surface area contributed by atoms with Gasteiger partial charge < -0.3 is 5.11 Å². The van der Waals surface area contributed by atoms with Crippen LogP contribution in [0.3, 0.4) is 0 Å². The molecule has 0 aliphatic rings. The Kier molecular flexibility index (Phi) is 2.86. The highest BCUT2D eigenvalue weighted by molar-refractivity contribution is 5.84. The Labute approximate surface area is 96.9 Å². The van der Waals surface area contributed by atoms with Gasteiger partial charge >= 0.3 is 5.97 Å². The Morgan fingerprint density at radius 3 is 2.88 bits per heavy atom. The van der Waals surface area contributed by atoms with Crippen LogP contribution in [0.25, 0.3) is 0 Å². The molecule has 0 aliphatic heterocycles. The van der Waals surface area contributed by atoms with Crippen LogP contribution in [0.1, 0.15) is 36.2 Å². The van der Waals surface area contributed by atoms with Gasteiger partial charge in [0, 0.05) is 6.04 Å². The average molecular weight is 236 g/mol. The zero-order chi connectivity index (χ0) is 12.4. The Morgan fingerprint density at radius 2 is 2.29 bits per heavy atom. The third-order valence-electron chi connectivity index (χ3n) is 2.20. The van der Waals surface area contributed by atoms with Gasteiger partial charge in [0.1, 0.15) is 18.7 Å². The van der Waals surface area contributed by atoms with Crippen LogP contribution in [0.4, 0.5) is 0 Å². The summed E-state index contributed by atoms with van der Waals surface area (Å²) in [4.78, 5) is 14.7. The van der Waals surface area contributed by atoms with E-state index in [4.69, 9.17) is 5.11 Å². The van der Waals surface area contributed by atoms with E-state index in [2.05, 4.69) is 20.4 Å². The van der Waals surface area contributed by atoms with Gasteiger partial charge in [0.25, 0.3) is 0 Å². The molecule has 0 radical (unpaired) electrons. The number of carbonyl (C=O) groups is 1. The molecule has 0 atom stereocenters.